The van der Waals surface area contributed by atoms with Gasteiger partial charge < -0.3 is 13.8 Å². The zero-order valence-corrected chi connectivity index (χ0v) is 19.1. The fraction of sp³-hybridized carbons (Fsp3) is 0.529. The third-order valence-corrected chi connectivity index (χ3v) is 8.39. The van der Waals surface area contributed by atoms with Crippen molar-refractivity contribution in [3.8, 4) is 5.75 Å². The van der Waals surface area contributed by atoms with Crippen molar-refractivity contribution in [1.82, 2.24) is 0 Å². The van der Waals surface area contributed by atoms with E-state index in [4.69, 9.17) is 13.8 Å². The van der Waals surface area contributed by atoms with Crippen LogP contribution in [0.4, 0.5) is 26.3 Å². The zero-order chi connectivity index (χ0) is 22.7. The number of hydrogen-bond acceptors (Lipinski definition) is 5. The van der Waals surface area contributed by atoms with Gasteiger partial charge in [-0.25, -0.2) is 4.39 Å². The van der Waals surface area contributed by atoms with Crippen LogP contribution in [0.1, 0.15) is 31.6 Å². The molecule has 0 fully saturated rings. The van der Waals surface area contributed by atoms with E-state index in [-0.39, 0.29) is 27.8 Å². The van der Waals surface area contributed by atoms with Gasteiger partial charge in [0.05, 0.1) is 24.5 Å². The Morgan fingerprint density at radius 1 is 1.10 bits per heavy atom. The predicted molar refractivity (Wildman–Crippen MR) is 105 cm³/mol. The molecule has 1 aromatic heterocycles. The lowest BCUT2D eigenvalue weighted by Gasteiger charge is -2.25. The molecule has 1 aromatic carbocycles. The van der Waals surface area contributed by atoms with E-state index in [1.165, 1.54) is 19.9 Å². The molecule has 170 valence electrons. The van der Waals surface area contributed by atoms with Crippen molar-refractivity contribution in [3.63, 3.8) is 0 Å². The summed E-state index contributed by atoms with van der Waals surface area (Å²) in [7, 11) is -4.91. The maximum absolute atomic E-state index is 15.2. The molecule has 13 heteroatoms. The average molecular weight is 543 g/mol. The van der Waals surface area contributed by atoms with Crippen LogP contribution in [0.25, 0.3) is 10.1 Å². The lowest BCUT2D eigenvalue weighted by molar-refractivity contribution is -0.136. The highest BCUT2D eigenvalue weighted by molar-refractivity contribution is 9.10. The summed E-state index contributed by atoms with van der Waals surface area (Å²) in [6.45, 7) is 1.70. The van der Waals surface area contributed by atoms with Crippen LogP contribution in [-0.2, 0) is 19.3 Å². The van der Waals surface area contributed by atoms with Gasteiger partial charge in [0.25, 0.3) is 0 Å². The number of thiophene rings is 1. The van der Waals surface area contributed by atoms with Gasteiger partial charge in [0.1, 0.15) is 4.88 Å². The third-order valence-electron chi connectivity index (χ3n) is 3.77. The molecule has 30 heavy (non-hydrogen) atoms. The van der Waals surface area contributed by atoms with Gasteiger partial charge in [0.2, 0.25) is 0 Å². The Labute approximate surface area is 181 Å². The monoisotopic (exact) mass is 542 g/mol. The highest BCUT2D eigenvalue weighted by atomic mass is 79.9. The summed E-state index contributed by atoms with van der Waals surface area (Å²) in [5.74, 6) is -1.37. The first kappa shape index (κ1) is 25.5. The van der Waals surface area contributed by atoms with E-state index in [0.717, 1.165) is 6.07 Å². The number of rotatable bonds is 10. The molecule has 0 amide bonds. The minimum absolute atomic E-state index is 0.0666. The highest BCUT2D eigenvalue weighted by Crippen LogP contribution is 2.69. The van der Waals surface area contributed by atoms with Crippen LogP contribution >= 0.6 is 34.9 Å². The molecule has 0 saturated carbocycles. The number of fused-ring (bicyclic) bond motifs is 1. The van der Waals surface area contributed by atoms with E-state index in [0.29, 0.717) is 11.3 Å². The van der Waals surface area contributed by atoms with Gasteiger partial charge >= 0.3 is 19.4 Å². The topological polar surface area (TPSA) is 44.8 Å². The molecule has 0 saturated heterocycles. The zero-order valence-electron chi connectivity index (χ0n) is 15.8. The van der Waals surface area contributed by atoms with Crippen LogP contribution in [0.5, 0.6) is 5.75 Å². The molecular formula is C17H18BrF6O4PS. The molecule has 0 aliphatic heterocycles. The first-order chi connectivity index (χ1) is 13.9. The molecule has 0 aliphatic rings. The van der Waals surface area contributed by atoms with Crippen molar-refractivity contribution >= 4 is 44.9 Å². The van der Waals surface area contributed by atoms with Crippen LogP contribution < -0.4 is 4.74 Å². The normalized spacial score (nSPS) is 13.2. The van der Waals surface area contributed by atoms with E-state index >= 15 is 8.78 Å². The Morgan fingerprint density at radius 3 is 2.23 bits per heavy atom. The summed E-state index contributed by atoms with van der Waals surface area (Å²) < 4.78 is 109. The minimum Gasteiger partial charge on any atom is -0.489 e. The molecule has 4 nitrogen and oxygen atoms in total. The Hall–Kier alpha value is -0.810. The standard InChI is InChI=1S/C17H18BrF6O4PS/c1-3-27-29(25,28-4-2)17(23,24)15-12(18)10-6-7-11(19)13(14(10)30-15)26-9-5-8-16(20,21)22/h6-7H,3-5,8-9H2,1-2H3. The second kappa shape index (κ2) is 9.77. The van der Waals surface area contributed by atoms with Crippen molar-refractivity contribution in [2.75, 3.05) is 19.8 Å². The van der Waals surface area contributed by atoms with Crippen molar-refractivity contribution in [2.24, 2.45) is 0 Å². The number of benzene rings is 1. The molecule has 0 unspecified atom stereocenters. The van der Waals surface area contributed by atoms with Crippen LogP contribution in [0.3, 0.4) is 0 Å². The largest absolute Gasteiger partial charge is 0.489 e. The first-order valence-electron chi connectivity index (χ1n) is 8.75. The first-order valence-corrected chi connectivity index (χ1v) is 11.9. The molecule has 1 heterocycles. The van der Waals surface area contributed by atoms with Crippen LogP contribution in [0.15, 0.2) is 16.6 Å². The summed E-state index contributed by atoms with van der Waals surface area (Å²) in [5.41, 5.74) is -4.06. The Bertz CT molecular complexity index is 923. The smallest absolute Gasteiger partial charge is 0.405 e. The van der Waals surface area contributed by atoms with Gasteiger partial charge in [-0.05, 0) is 48.3 Å². The quantitative estimate of drug-likeness (QED) is 0.174. The number of halogens is 7. The number of hydrogen-bond donors (Lipinski definition) is 0. The number of ether oxygens (including phenoxy) is 1. The fourth-order valence-electron chi connectivity index (χ4n) is 2.52. The summed E-state index contributed by atoms with van der Waals surface area (Å²) in [6.07, 6.45) is -5.96. The fourth-order valence-corrected chi connectivity index (χ4v) is 6.59. The Balaban J connectivity index is 2.47. The summed E-state index contributed by atoms with van der Waals surface area (Å²) >= 11 is 3.42. The van der Waals surface area contributed by atoms with Gasteiger partial charge in [-0.15, -0.1) is 11.3 Å². The van der Waals surface area contributed by atoms with Crippen LogP contribution in [-0.4, -0.2) is 26.0 Å². The SMILES string of the molecule is CCOP(=O)(OCC)C(F)(F)c1sc2c(OCCCC(F)(F)F)c(F)ccc2c1Br. The van der Waals surface area contributed by atoms with E-state index in [9.17, 15) is 22.1 Å². The van der Waals surface area contributed by atoms with Crippen molar-refractivity contribution in [1.29, 1.82) is 0 Å². The van der Waals surface area contributed by atoms with Crippen molar-refractivity contribution in [2.45, 2.75) is 38.5 Å². The lowest BCUT2D eigenvalue weighted by Crippen LogP contribution is -2.17. The highest BCUT2D eigenvalue weighted by Gasteiger charge is 2.57. The summed E-state index contributed by atoms with van der Waals surface area (Å²) in [6, 6.07) is 2.16. The van der Waals surface area contributed by atoms with Gasteiger partial charge in [0, 0.05) is 16.3 Å². The second-order valence-electron chi connectivity index (χ2n) is 5.94. The molecule has 0 aliphatic carbocycles. The Morgan fingerprint density at radius 2 is 1.70 bits per heavy atom. The molecule has 0 N–H and O–H groups in total. The van der Waals surface area contributed by atoms with E-state index in [2.05, 4.69) is 15.9 Å². The molecule has 0 bridgehead atoms. The van der Waals surface area contributed by atoms with Crippen LogP contribution in [0, 0.1) is 5.82 Å². The third kappa shape index (κ3) is 5.32. The minimum atomic E-state index is -4.91. The summed E-state index contributed by atoms with van der Waals surface area (Å²) in [5, 5.41) is 0.126. The maximum atomic E-state index is 15.2. The van der Waals surface area contributed by atoms with Crippen molar-refractivity contribution < 1.29 is 44.7 Å². The predicted octanol–water partition coefficient (Wildman–Crippen LogP) is 7.84. The molecule has 2 aromatic rings. The average Bonchev–Trinajstić information content (AvgIpc) is 2.97. The molecule has 0 atom stereocenters. The van der Waals surface area contributed by atoms with E-state index < -0.39 is 55.3 Å². The van der Waals surface area contributed by atoms with Crippen LogP contribution in [0.2, 0.25) is 0 Å². The summed E-state index contributed by atoms with van der Waals surface area (Å²) in [4.78, 5) is -0.728. The maximum Gasteiger partial charge on any atom is 0.405 e. The number of alkyl halides is 5. The van der Waals surface area contributed by atoms with Crippen molar-refractivity contribution in [3.05, 3.63) is 27.3 Å². The van der Waals surface area contributed by atoms with Gasteiger partial charge in [-0.2, -0.15) is 22.0 Å². The molecule has 2 rings (SSSR count). The van der Waals surface area contributed by atoms with E-state index in [1.807, 2.05) is 0 Å². The second-order valence-corrected chi connectivity index (χ2v) is 9.83. The molecule has 0 spiro atoms. The van der Waals surface area contributed by atoms with Gasteiger partial charge in [-0.1, -0.05) is 0 Å². The lowest BCUT2D eigenvalue weighted by atomic mass is 10.2. The van der Waals surface area contributed by atoms with E-state index in [1.54, 1.807) is 0 Å². The molecule has 0 radical (unpaired) electrons. The molecular weight excluding hydrogens is 525 g/mol. The van der Waals surface area contributed by atoms with Gasteiger partial charge in [-0.3, -0.25) is 4.57 Å². The van der Waals surface area contributed by atoms with Gasteiger partial charge in [0.15, 0.2) is 11.6 Å². The Kier molecular flexibility index (Phi) is 8.29.